The average molecular weight is 543 g/mol. The summed E-state index contributed by atoms with van der Waals surface area (Å²) in [6.07, 6.45) is 4.39. The Morgan fingerprint density at radius 3 is 2.10 bits per heavy atom. The fraction of sp³-hybridized carbons (Fsp3) is 0.364. The molecule has 3 N–H and O–H groups in total. The van der Waals surface area contributed by atoms with Gasteiger partial charge in [-0.25, -0.2) is 0 Å². The van der Waals surface area contributed by atoms with E-state index in [0.29, 0.717) is 19.3 Å². The molecule has 0 fully saturated rings. The first-order valence-corrected chi connectivity index (χ1v) is 13.6. The largest absolute Gasteiger partial charge is 0.357 e. The minimum absolute atomic E-state index is 0.264. The number of hydrogen-bond donors (Lipinski definition) is 2. The molecule has 0 spiro atoms. The van der Waals surface area contributed by atoms with Gasteiger partial charge in [-0.1, -0.05) is 78.4 Å². The Morgan fingerprint density at radius 1 is 0.875 bits per heavy atom. The summed E-state index contributed by atoms with van der Waals surface area (Å²) in [6.45, 7) is 5.78. The second-order valence-electron chi connectivity index (χ2n) is 11.2. The van der Waals surface area contributed by atoms with E-state index in [-0.39, 0.29) is 17.7 Å². The van der Waals surface area contributed by atoms with E-state index in [4.69, 9.17) is 5.73 Å². The van der Waals surface area contributed by atoms with Crippen molar-refractivity contribution in [1.82, 2.24) is 15.1 Å². The summed E-state index contributed by atoms with van der Waals surface area (Å²) in [4.78, 5) is 43.3. The summed E-state index contributed by atoms with van der Waals surface area (Å²) < 4.78 is 0. The maximum atomic E-state index is 14.1. The first-order valence-electron chi connectivity index (χ1n) is 13.6. The molecule has 0 unspecified atom stereocenters. The van der Waals surface area contributed by atoms with E-state index < -0.39 is 17.6 Å². The van der Waals surface area contributed by atoms with Crippen LogP contribution in [0.25, 0.3) is 10.8 Å². The van der Waals surface area contributed by atoms with Crippen LogP contribution in [0.5, 0.6) is 0 Å². The molecule has 3 aromatic rings. The number of hydrogen-bond acceptors (Lipinski definition) is 4. The SMILES string of the molecule is CNC(=O)[C@@H](Cc1ccc(C)cc1)N(C)C(=O)[C@@H](Cc1ccc2ccccc2c1)N(C)C(=O)/C=C/CC(C)(C)N. The van der Waals surface area contributed by atoms with Gasteiger partial charge in [0.05, 0.1) is 0 Å². The zero-order chi connectivity index (χ0) is 29.4. The fourth-order valence-electron chi connectivity index (χ4n) is 4.62. The monoisotopic (exact) mass is 542 g/mol. The van der Waals surface area contributed by atoms with Gasteiger partial charge in [0.1, 0.15) is 12.1 Å². The summed E-state index contributed by atoms with van der Waals surface area (Å²) in [6, 6.07) is 20.4. The normalized spacial score (nSPS) is 13.2. The van der Waals surface area contributed by atoms with Crippen LogP contribution in [-0.4, -0.2) is 66.3 Å². The molecule has 0 aliphatic carbocycles. The lowest BCUT2D eigenvalue weighted by Crippen LogP contribution is -2.55. The van der Waals surface area contributed by atoms with Crippen LogP contribution in [0, 0.1) is 6.92 Å². The van der Waals surface area contributed by atoms with Gasteiger partial charge < -0.3 is 20.9 Å². The second-order valence-corrected chi connectivity index (χ2v) is 11.2. The molecule has 3 amide bonds. The molecule has 7 nitrogen and oxygen atoms in total. The standard InChI is InChI=1S/C33H42N4O3/c1-23-13-15-24(16-14-23)21-28(31(39)35-4)37(6)32(40)29(36(5)30(38)12-9-19-33(2,3)34)22-25-17-18-26-10-7-8-11-27(26)20-25/h7-18,20,28-29H,19,21-22,34H2,1-6H3,(H,35,39)/b12-9+/t28-,29-/m1/s1. The zero-order valence-corrected chi connectivity index (χ0v) is 24.5. The molecule has 0 saturated heterocycles. The highest BCUT2D eigenvalue weighted by atomic mass is 16.2. The van der Waals surface area contributed by atoms with Gasteiger partial charge in [-0.15, -0.1) is 0 Å². The van der Waals surface area contributed by atoms with Crippen molar-refractivity contribution in [3.63, 3.8) is 0 Å². The van der Waals surface area contributed by atoms with Crippen molar-refractivity contribution in [1.29, 1.82) is 0 Å². The Labute approximate surface area is 238 Å². The van der Waals surface area contributed by atoms with E-state index in [2.05, 4.69) is 5.32 Å². The maximum Gasteiger partial charge on any atom is 0.246 e. The average Bonchev–Trinajstić information content (AvgIpc) is 2.93. The Hall–Kier alpha value is -3.97. The van der Waals surface area contributed by atoms with Gasteiger partial charge in [0.25, 0.3) is 0 Å². The van der Waals surface area contributed by atoms with Crippen LogP contribution >= 0.6 is 0 Å². The number of carbonyl (C=O) groups excluding carboxylic acids is 3. The molecular formula is C33H42N4O3. The molecule has 0 aromatic heterocycles. The highest BCUT2D eigenvalue weighted by Gasteiger charge is 2.34. The van der Waals surface area contributed by atoms with Crippen molar-refractivity contribution in [2.24, 2.45) is 5.73 Å². The van der Waals surface area contributed by atoms with Crippen molar-refractivity contribution >= 4 is 28.5 Å². The third-order valence-electron chi connectivity index (χ3n) is 7.16. The predicted octanol–water partition coefficient (Wildman–Crippen LogP) is 4.02. The van der Waals surface area contributed by atoms with E-state index in [1.165, 1.54) is 15.9 Å². The summed E-state index contributed by atoms with van der Waals surface area (Å²) in [5, 5.41) is 4.85. The third kappa shape index (κ3) is 8.26. The lowest BCUT2D eigenvalue weighted by Gasteiger charge is -2.34. The maximum absolute atomic E-state index is 14.1. The van der Waals surface area contributed by atoms with Crippen LogP contribution in [0.15, 0.2) is 78.9 Å². The number of aryl methyl sites for hydroxylation is 1. The Morgan fingerprint density at radius 2 is 1.48 bits per heavy atom. The van der Waals surface area contributed by atoms with E-state index in [1.54, 1.807) is 27.2 Å². The number of nitrogens with one attached hydrogen (secondary N) is 1. The van der Waals surface area contributed by atoms with Gasteiger partial charge in [-0.05, 0) is 55.2 Å². The molecular weight excluding hydrogens is 500 g/mol. The summed E-state index contributed by atoms with van der Waals surface area (Å²) in [7, 11) is 4.83. The lowest BCUT2D eigenvalue weighted by molar-refractivity contribution is -0.146. The van der Waals surface area contributed by atoms with Crippen molar-refractivity contribution < 1.29 is 14.4 Å². The number of amides is 3. The highest BCUT2D eigenvalue weighted by Crippen LogP contribution is 2.20. The van der Waals surface area contributed by atoms with Gasteiger partial charge in [-0.2, -0.15) is 0 Å². The number of fused-ring (bicyclic) bond motifs is 1. The molecule has 2 atom stereocenters. The van der Waals surface area contributed by atoms with Gasteiger partial charge in [0, 0.05) is 39.5 Å². The van der Waals surface area contributed by atoms with Crippen LogP contribution in [0.1, 0.15) is 37.0 Å². The van der Waals surface area contributed by atoms with Gasteiger partial charge in [-0.3, -0.25) is 14.4 Å². The van der Waals surface area contributed by atoms with E-state index >= 15 is 0 Å². The molecule has 0 heterocycles. The molecule has 40 heavy (non-hydrogen) atoms. The molecule has 0 saturated carbocycles. The van der Waals surface area contributed by atoms with Crippen molar-refractivity contribution in [3.05, 3.63) is 95.6 Å². The summed E-state index contributed by atoms with van der Waals surface area (Å²) in [5.41, 5.74) is 8.60. The number of nitrogens with two attached hydrogens (primary N) is 1. The van der Waals surface area contributed by atoms with Crippen LogP contribution in [0.3, 0.4) is 0 Å². The van der Waals surface area contributed by atoms with E-state index in [0.717, 1.165) is 27.5 Å². The summed E-state index contributed by atoms with van der Waals surface area (Å²) >= 11 is 0. The first-order chi connectivity index (χ1) is 18.9. The zero-order valence-electron chi connectivity index (χ0n) is 24.5. The molecule has 212 valence electrons. The smallest absolute Gasteiger partial charge is 0.246 e. The summed E-state index contributed by atoms with van der Waals surface area (Å²) in [5.74, 6) is -0.871. The molecule has 7 heteroatoms. The quantitative estimate of drug-likeness (QED) is 0.358. The molecule has 0 bridgehead atoms. The van der Waals surface area contributed by atoms with E-state index in [1.807, 2.05) is 87.5 Å². The van der Waals surface area contributed by atoms with Gasteiger partial charge >= 0.3 is 0 Å². The first kappa shape index (κ1) is 30.6. The van der Waals surface area contributed by atoms with Crippen LogP contribution in [-0.2, 0) is 27.2 Å². The third-order valence-corrected chi connectivity index (χ3v) is 7.16. The van der Waals surface area contributed by atoms with Crippen LogP contribution in [0.2, 0.25) is 0 Å². The number of rotatable bonds is 11. The Kier molecular flexibility index (Phi) is 10.2. The number of nitrogens with zero attached hydrogens (tertiary/aromatic N) is 2. The van der Waals surface area contributed by atoms with Crippen molar-refractivity contribution in [3.8, 4) is 0 Å². The van der Waals surface area contributed by atoms with Crippen molar-refractivity contribution in [2.45, 2.75) is 57.7 Å². The molecule has 0 radical (unpaired) electrons. The van der Waals surface area contributed by atoms with E-state index in [9.17, 15) is 14.4 Å². The predicted molar refractivity (Wildman–Crippen MR) is 162 cm³/mol. The molecule has 3 aromatic carbocycles. The van der Waals surface area contributed by atoms with Gasteiger partial charge in [0.2, 0.25) is 17.7 Å². The number of carbonyl (C=O) groups is 3. The Bertz CT molecular complexity index is 1360. The van der Waals surface area contributed by atoms with Crippen LogP contribution < -0.4 is 11.1 Å². The molecule has 3 rings (SSSR count). The minimum Gasteiger partial charge on any atom is -0.357 e. The fourth-order valence-corrected chi connectivity index (χ4v) is 4.62. The lowest BCUT2D eigenvalue weighted by atomic mass is 9.98. The number of likely N-dealkylation sites (N-methyl/N-ethyl adjacent to an activating group) is 3. The molecule has 0 aliphatic heterocycles. The second kappa shape index (κ2) is 13.4. The highest BCUT2D eigenvalue weighted by molar-refractivity contribution is 5.95. The van der Waals surface area contributed by atoms with Crippen LogP contribution in [0.4, 0.5) is 0 Å². The van der Waals surface area contributed by atoms with Gasteiger partial charge in [0.15, 0.2) is 0 Å². The molecule has 0 aliphatic rings. The topological polar surface area (TPSA) is 95.7 Å². The minimum atomic E-state index is -0.820. The number of benzene rings is 3. The Balaban J connectivity index is 1.93. The van der Waals surface area contributed by atoms with Crippen molar-refractivity contribution in [2.75, 3.05) is 21.1 Å².